The van der Waals surface area contributed by atoms with Crippen molar-refractivity contribution in [3.63, 3.8) is 0 Å². The van der Waals surface area contributed by atoms with E-state index >= 15 is 0 Å². The third kappa shape index (κ3) is 3.72. The number of hydrogen-bond donors (Lipinski definition) is 3. The van der Waals surface area contributed by atoms with Crippen molar-refractivity contribution in [3.05, 3.63) is 23.8 Å². The first-order valence-corrected chi connectivity index (χ1v) is 6.84. The summed E-state index contributed by atoms with van der Waals surface area (Å²) in [5, 5.41) is 14.3. The second-order valence-corrected chi connectivity index (χ2v) is 5.50. The molecule has 0 atom stereocenters. The minimum Gasteiger partial charge on any atom is -0.495 e. The fourth-order valence-corrected chi connectivity index (χ4v) is 2.01. The highest BCUT2D eigenvalue weighted by molar-refractivity contribution is 6.39. The maximum Gasteiger partial charge on any atom is 0.313 e. The van der Waals surface area contributed by atoms with E-state index < -0.39 is 11.8 Å². The molecule has 2 rings (SSSR count). The Morgan fingerprint density at radius 3 is 2.62 bits per heavy atom. The van der Waals surface area contributed by atoms with E-state index in [2.05, 4.69) is 10.6 Å². The van der Waals surface area contributed by atoms with Crippen molar-refractivity contribution >= 4 is 17.5 Å². The van der Waals surface area contributed by atoms with Gasteiger partial charge < -0.3 is 20.5 Å². The first-order valence-electron chi connectivity index (χ1n) is 6.84. The number of hydrogen-bond acceptors (Lipinski definition) is 4. The number of rotatable bonds is 5. The fraction of sp³-hybridized carbons (Fsp3) is 0.467. The van der Waals surface area contributed by atoms with Crippen molar-refractivity contribution in [2.45, 2.75) is 19.8 Å². The smallest absolute Gasteiger partial charge is 0.313 e. The topological polar surface area (TPSA) is 87.7 Å². The number of methoxy groups -OCH3 is 1. The molecule has 1 aliphatic rings. The average Bonchev–Trinajstić information content (AvgIpc) is 3.25. The SMILES string of the molecule is COc1ccc(C)cc1NC(=O)C(=O)NCC1(CO)CC1. The van der Waals surface area contributed by atoms with Crippen molar-refractivity contribution in [1.82, 2.24) is 5.32 Å². The molecule has 0 spiro atoms. The third-order valence-electron chi connectivity index (χ3n) is 3.73. The summed E-state index contributed by atoms with van der Waals surface area (Å²) >= 11 is 0. The number of anilines is 1. The van der Waals surface area contributed by atoms with Crippen molar-refractivity contribution in [3.8, 4) is 5.75 Å². The van der Waals surface area contributed by atoms with Gasteiger partial charge in [0.15, 0.2) is 0 Å². The van der Waals surface area contributed by atoms with Crippen LogP contribution in [0.15, 0.2) is 18.2 Å². The Kier molecular flexibility index (Phi) is 4.47. The van der Waals surface area contributed by atoms with Gasteiger partial charge in [-0.3, -0.25) is 9.59 Å². The molecule has 6 heteroatoms. The van der Waals surface area contributed by atoms with Crippen molar-refractivity contribution in [1.29, 1.82) is 0 Å². The van der Waals surface area contributed by atoms with Crippen LogP contribution in [-0.4, -0.2) is 37.2 Å². The van der Waals surface area contributed by atoms with Crippen LogP contribution in [-0.2, 0) is 9.59 Å². The zero-order valence-electron chi connectivity index (χ0n) is 12.2. The van der Waals surface area contributed by atoms with Crippen molar-refractivity contribution in [2.24, 2.45) is 5.41 Å². The summed E-state index contributed by atoms with van der Waals surface area (Å²) in [6.45, 7) is 2.23. The maximum atomic E-state index is 11.9. The number of aliphatic hydroxyl groups excluding tert-OH is 1. The first-order chi connectivity index (χ1) is 9.99. The van der Waals surface area contributed by atoms with Crippen LogP contribution in [0.1, 0.15) is 18.4 Å². The molecule has 21 heavy (non-hydrogen) atoms. The van der Waals surface area contributed by atoms with Crippen LogP contribution in [0.3, 0.4) is 0 Å². The van der Waals surface area contributed by atoms with E-state index in [0.717, 1.165) is 18.4 Å². The monoisotopic (exact) mass is 292 g/mol. The van der Waals surface area contributed by atoms with Gasteiger partial charge in [-0.05, 0) is 37.5 Å². The number of ether oxygens (including phenoxy) is 1. The van der Waals surface area contributed by atoms with Crippen LogP contribution in [0.25, 0.3) is 0 Å². The van der Waals surface area contributed by atoms with Crippen molar-refractivity contribution in [2.75, 3.05) is 25.6 Å². The van der Waals surface area contributed by atoms with Gasteiger partial charge in [0, 0.05) is 12.0 Å². The normalized spacial score (nSPS) is 15.2. The maximum absolute atomic E-state index is 11.9. The average molecular weight is 292 g/mol. The highest BCUT2D eigenvalue weighted by Gasteiger charge is 2.42. The minimum absolute atomic E-state index is 0.0284. The van der Waals surface area contributed by atoms with E-state index in [1.807, 2.05) is 13.0 Å². The summed E-state index contributed by atoms with van der Waals surface area (Å²) in [5.74, 6) is -0.957. The zero-order valence-corrected chi connectivity index (χ0v) is 12.2. The number of carbonyl (C=O) groups excluding carboxylic acids is 2. The lowest BCUT2D eigenvalue weighted by Gasteiger charge is -2.13. The molecule has 0 aliphatic heterocycles. The van der Waals surface area contributed by atoms with Crippen LogP contribution in [0.5, 0.6) is 5.75 Å². The molecule has 0 radical (unpaired) electrons. The van der Waals surface area contributed by atoms with E-state index in [9.17, 15) is 14.7 Å². The molecule has 1 saturated carbocycles. The molecule has 1 fully saturated rings. The second-order valence-electron chi connectivity index (χ2n) is 5.50. The Morgan fingerprint density at radius 2 is 2.05 bits per heavy atom. The van der Waals surface area contributed by atoms with E-state index in [0.29, 0.717) is 18.0 Å². The molecule has 2 amide bonds. The standard InChI is InChI=1S/C15H20N2O4/c1-10-3-4-12(21-2)11(7-10)17-14(20)13(19)16-8-15(9-18)5-6-15/h3-4,7,18H,5-6,8-9H2,1-2H3,(H,16,19)(H,17,20). The van der Waals surface area contributed by atoms with E-state index in [1.165, 1.54) is 7.11 Å². The number of carbonyl (C=O) groups is 2. The fourth-order valence-electron chi connectivity index (χ4n) is 2.01. The largest absolute Gasteiger partial charge is 0.495 e. The van der Waals surface area contributed by atoms with Gasteiger partial charge in [-0.25, -0.2) is 0 Å². The predicted octanol–water partition coefficient (Wildman–Crippen LogP) is 0.831. The van der Waals surface area contributed by atoms with E-state index in [1.54, 1.807) is 12.1 Å². The first kappa shape index (κ1) is 15.3. The van der Waals surface area contributed by atoms with Crippen LogP contribution in [0.4, 0.5) is 5.69 Å². The molecule has 3 N–H and O–H groups in total. The zero-order chi connectivity index (χ0) is 15.5. The molecule has 0 heterocycles. The molecule has 0 saturated heterocycles. The summed E-state index contributed by atoms with van der Waals surface area (Å²) < 4.78 is 5.14. The Labute approximate surface area is 123 Å². The summed E-state index contributed by atoms with van der Waals surface area (Å²) in [6, 6.07) is 5.32. The lowest BCUT2D eigenvalue weighted by atomic mass is 10.1. The highest BCUT2D eigenvalue weighted by atomic mass is 16.5. The van der Waals surface area contributed by atoms with Crippen LogP contribution in [0.2, 0.25) is 0 Å². The molecule has 1 aromatic rings. The van der Waals surface area contributed by atoms with Gasteiger partial charge in [-0.2, -0.15) is 0 Å². The molecule has 114 valence electrons. The lowest BCUT2D eigenvalue weighted by molar-refractivity contribution is -0.136. The van der Waals surface area contributed by atoms with E-state index in [4.69, 9.17) is 4.74 Å². The predicted molar refractivity (Wildman–Crippen MR) is 78.1 cm³/mol. The van der Waals surface area contributed by atoms with Gasteiger partial charge in [-0.15, -0.1) is 0 Å². The van der Waals surface area contributed by atoms with Gasteiger partial charge in [0.25, 0.3) is 0 Å². The number of aliphatic hydroxyl groups is 1. The lowest BCUT2D eigenvalue weighted by Crippen LogP contribution is -2.39. The Morgan fingerprint density at radius 1 is 1.33 bits per heavy atom. The summed E-state index contributed by atoms with van der Waals surface area (Å²) in [6.07, 6.45) is 1.74. The van der Waals surface area contributed by atoms with Gasteiger partial charge in [0.2, 0.25) is 0 Å². The molecule has 1 aromatic carbocycles. The van der Waals surface area contributed by atoms with Crippen LogP contribution >= 0.6 is 0 Å². The molecule has 0 unspecified atom stereocenters. The molecule has 6 nitrogen and oxygen atoms in total. The Hall–Kier alpha value is -2.08. The van der Waals surface area contributed by atoms with Gasteiger partial charge in [0.05, 0.1) is 19.4 Å². The Balaban J connectivity index is 1.94. The van der Waals surface area contributed by atoms with Gasteiger partial charge in [-0.1, -0.05) is 6.07 Å². The molecule has 0 aromatic heterocycles. The van der Waals surface area contributed by atoms with Crippen LogP contribution < -0.4 is 15.4 Å². The van der Waals surface area contributed by atoms with Crippen molar-refractivity contribution < 1.29 is 19.4 Å². The quantitative estimate of drug-likeness (QED) is 0.702. The van der Waals surface area contributed by atoms with E-state index in [-0.39, 0.29) is 12.0 Å². The summed E-state index contributed by atoms with van der Waals surface area (Å²) in [5.41, 5.74) is 1.18. The number of benzene rings is 1. The Bertz CT molecular complexity index is 553. The highest BCUT2D eigenvalue weighted by Crippen LogP contribution is 2.44. The van der Waals surface area contributed by atoms with Gasteiger partial charge >= 0.3 is 11.8 Å². The summed E-state index contributed by atoms with van der Waals surface area (Å²) in [4.78, 5) is 23.7. The van der Waals surface area contributed by atoms with Crippen LogP contribution in [0, 0.1) is 12.3 Å². The number of nitrogens with one attached hydrogen (secondary N) is 2. The minimum atomic E-state index is -0.743. The summed E-state index contributed by atoms with van der Waals surface area (Å²) in [7, 11) is 1.50. The van der Waals surface area contributed by atoms with Gasteiger partial charge in [0.1, 0.15) is 5.75 Å². The number of aryl methyl sites for hydroxylation is 1. The molecule has 0 bridgehead atoms. The molecular weight excluding hydrogens is 272 g/mol. The number of amides is 2. The molecular formula is C15H20N2O4. The second kappa shape index (κ2) is 6.13. The molecule has 1 aliphatic carbocycles. The third-order valence-corrected chi connectivity index (χ3v) is 3.73.